The van der Waals surface area contributed by atoms with Crippen molar-refractivity contribution in [3.05, 3.63) is 65.2 Å². The van der Waals surface area contributed by atoms with E-state index in [1.807, 2.05) is 12.1 Å². The fourth-order valence-electron chi connectivity index (χ4n) is 2.76. The predicted molar refractivity (Wildman–Crippen MR) is 109 cm³/mol. The molecule has 1 aliphatic heterocycles. The number of hydrogen-bond donors (Lipinski definition) is 2. The van der Waals surface area contributed by atoms with Crippen molar-refractivity contribution in [1.29, 1.82) is 0 Å². The highest BCUT2D eigenvalue weighted by Crippen LogP contribution is 2.12. The first-order valence-electron chi connectivity index (χ1n) is 8.23. The fraction of sp³-hybridized carbons (Fsp3) is 0.316. The molecule has 0 saturated carbocycles. The van der Waals surface area contributed by atoms with Crippen molar-refractivity contribution in [1.82, 2.24) is 10.2 Å². The monoisotopic (exact) mass is 397 g/mol. The Kier molecular flexibility index (Phi) is 9.44. The zero-order valence-electron chi connectivity index (χ0n) is 14.5. The molecule has 0 unspecified atom stereocenters. The smallest absolute Gasteiger partial charge is 0.253 e. The summed E-state index contributed by atoms with van der Waals surface area (Å²) in [4.78, 5) is 14.5. The molecule has 0 aliphatic carbocycles. The van der Waals surface area contributed by atoms with E-state index >= 15 is 0 Å². The van der Waals surface area contributed by atoms with Gasteiger partial charge in [0.15, 0.2) is 0 Å². The van der Waals surface area contributed by atoms with Gasteiger partial charge in [-0.05, 0) is 23.3 Å². The van der Waals surface area contributed by atoms with Gasteiger partial charge in [0.25, 0.3) is 5.91 Å². The lowest BCUT2D eigenvalue weighted by atomic mass is 10.1. The van der Waals surface area contributed by atoms with Crippen LogP contribution in [0.2, 0.25) is 0 Å². The molecule has 0 radical (unpaired) electrons. The third-order valence-corrected chi connectivity index (χ3v) is 4.19. The minimum Gasteiger partial charge on any atom is -0.398 e. The van der Waals surface area contributed by atoms with Crippen LogP contribution < -0.4 is 11.1 Å². The van der Waals surface area contributed by atoms with Crippen LogP contribution in [-0.4, -0.2) is 37.1 Å². The number of carbonyl (C=O) groups is 1. The highest BCUT2D eigenvalue weighted by Gasteiger charge is 2.11. The van der Waals surface area contributed by atoms with Crippen LogP contribution in [0.5, 0.6) is 0 Å². The van der Waals surface area contributed by atoms with E-state index < -0.39 is 0 Å². The molecule has 1 saturated heterocycles. The van der Waals surface area contributed by atoms with Gasteiger partial charge in [-0.15, -0.1) is 24.8 Å². The molecule has 5 nitrogen and oxygen atoms in total. The van der Waals surface area contributed by atoms with Crippen molar-refractivity contribution < 1.29 is 9.53 Å². The Hall–Kier alpha value is -1.79. The van der Waals surface area contributed by atoms with Crippen LogP contribution in [0.4, 0.5) is 5.69 Å². The van der Waals surface area contributed by atoms with Gasteiger partial charge >= 0.3 is 0 Å². The lowest BCUT2D eigenvalue weighted by Gasteiger charge is -2.26. The number of anilines is 1. The van der Waals surface area contributed by atoms with Crippen LogP contribution in [0.25, 0.3) is 0 Å². The molecule has 2 aromatic rings. The summed E-state index contributed by atoms with van der Waals surface area (Å²) >= 11 is 0. The number of amides is 1. The molecule has 0 bridgehead atoms. The van der Waals surface area contributed by atoms with Crippen LogP contribution in [0, 0.1) is 0 Å². The summed E-state index contributed by atoms with van der Waals surface area (Å²) in [5, 5.41) is 2.91. The van der Waals surface area contributed by atoms with E-state index in [9.17, 15) is 4.79 Å². The minimum atomic E-state index is -0.148. The highest BCUT2D eigenvalue weighted by molar-refractivity contribution is 5.98. The number of hydrogen-bond acceptors (Lipinski definition) is 4. The second-order valence-electron chi connectivity index (χ2n) is 5.97. The molecular weight excluding hydrogens is 373 g/mol. The van der Waals surface area contributed by atoms with Gasteiger partial charge in [0.1, 0.15) is 0 Å². The molecule has 0 spiro atoms. The maximum atomic E-state index is 12.2. The predicted octanol–water partition coefficient (Wildman–Crippen LogP) is 2.87. The quantitative estimate of drug-likeness (QED) is 0.761. The first-order valence-corrected chi connectivity index (χ1v) is 8.23. The summed E-state index contributed by atoms with van der Waals surface area (Å²) in [6.45, 7) is 5.02. The molecule has 2 aromatic carbocycles. The Balaban J connectivity index is 0.00000169. The third kappa shape index (κ3) is 6.18. The van der Waals surface area contributed by atoms with E-state index in [1.165, 1.54) is 5.56 Å². The summed E-state index contributed by atoms with van der Waals surface area (Å²) < 4.78 is 5.36. The summed E-state index contributed by atoms with van der Waals surface area (Å²) in [6, 6.07) is 15.5. The van der Waals surface area contributed by atoms with E-state index in [-0.39, 0.29) is 30.7 Å². The van der Waals surface area contributed by atoms with Crippen molar-refractivity contribution in [3.63, 3.8) is 0 Å². The number of nitrogen functional groups attached to an aromatic ring is 1. The average Bonchev–Trinajstić information content (AvgIpc) is 2.62. The maximum Gasteiger partial charge on any atom is 0.253 e. The summed E-state index contributed by atoms with van der Waals surface area (Å²) in [7, 11) is 0. The van der Waals surface area contributed by atoms with Crippen molar-refractivity contribution in [2.45, 2.75) is 13.1 Å². The SMILES string of the molecule is Cl.Cl.Nc1ccccc1C(=O)NCc1ccc(CN2CCOCC2)cc1. The molecule has 7 heteroatoms. The summed E-state index contributed by atoms with van der Waals surface area (Å²) in [6.07, 6.45) is 0. The normalized spacial score (nSPS) is 14.0. The van der Waals surface area contributed by atoms with E-state index in [0.717, 1.165) is 38.4 Å². The fourth-order valence-corrected chi connectivity index (χ4v) is 2.76. The van der Waals surface area contributed by atoms with Crippen molar-refractivity contribution >= 4 is 36.4 Å². The highest BCUT2D eigenvalue weighted by atomic mass is 35.5. The number of rotatable bonds is 5. The number of carbonyl (C=O) groups excluding carboxylic acids is 1. The van der Waals surface area contributed by atoms with Crippen LogP contribution in [0.1, 0.15) is 21.5 Å². The van der Waals surface area contributed by atoms with Crippen LogP contribution in [0.15, 0.2) is 48.5 Å². The Labute approximate surface area is 166 Å². The Morgan fingerprint density at radius 2 is 1.62 bits per heavy atom. The molecule has 3 N–H and O–H groups in total. The Morgan fingerprint density at radius 1 is 1.00 bits per heavy atom. The molecule has 1 aliphatic rings. The van der Waals surface area contributed by atoms with Gasteiger partial charge < -0.3 is 15.8 Å². The van der Waals surface area contributed by atoms with Gasteiger partial charge in [-0.2, -0.15) is 0 Å². The van der Waals surface area contributed by atoms with E-state index in [2.05, 4.69) is 34.5 Å². The first-order chi connectivity index (χ1) is 11.7. The molecule has 1 heterocycles. The summed E-state index contributed by atoms with van der Waals surface area (Å²) in [5.74, 6) is -0.148. The van der Waals surface area contributed by atoms with Gasteiger partial charge in [0, 0.05) is 31.9 Å². The zero-order valence-corrected chi connectivity index (χ0v) is 16.2. The second-order valence-corrected chi connectivity index (χ2v) is 5.97. The number of nitrogens with zero attached hydrogens (tertiary/aromatic N) is 1. The minimum absolute atomic E-state index is 0. The molecule has 0 atom stereocenters. The van der Waals surface area contributed by atoms with Crippen LogP contribution >= 0.6 is 24.8 Å². The van der Waals surface area contributed by atoms with E-state index in [1.54, 1.807) is 12.1 Å². The number of ether oxygens (including phenoxy) is 1. The number of nitrogens with one attached hydrogen (secondary N) is 1. The van der Waals surface area contributed by atoms with Crippen LogP contribution in [0.3, 0.4) is 0 Å². The molecule has 142 valence electrons. The van der Waals surface area contributed by atoms with Crippen LogP contribution in [-0.2, 0) is 17.8 Å². The Morgan fingerprint density at radius 3 is 2.27 bits per heavy atom. The summed E-state index contributed by atoms with van der Waals surface area (Å²) in [5.41, 5.74) is 9.19. The second kappa shape index (κ2) is 11.0. The molecule has 1 amide bonds. The topological polar surface area (TPSA) is 67.6 Å². The molecule has 0 aromatic heterocycles. The number of halogens is 2. The van der Waals surface area contributed by atoms with Gasteiger partial charge in [0.2, 0.25) is 0 Å². The molecular formula is C19H25Cl2N3O2. The number of nitrogens with two attached hydrogens (primary N) is 1. The van der Waals surface area contributed by atoms with Crippen molar-refractivity contribution in [2.24, 2.45) is 0 Å². The van der Waals surface area contributed by atoms with E-state index in [0.29, 0.717) is 17.8 Å². The molecule has 1 fully saturated rings. The maximum absolute atomic E-state index is 12.2. The lowest BCUT2D eigenvalue weighted by Crippen LogP contribution is -2.35. The van der Waals surface area contributed by atoms with Gasteiger partial charge in [-0.1, -0.05) is 36.4 Å². The number of morpholine rings is 1. The van der Waals surface area contributed by atoms with Gasteiger partial charge in [-0.25, -0.2) is 0 Å². The third-order valence-electron chi connectivity index (χ3n) is 4.19. The zero-order chi connectivity index (χ0) is 16.8. The van der Waals surface area contributed by atoms with E-state index in [4.69, 9.17) is 10.5 Å². The van der Waals surface area contributed by atoms with Gasteiger partial charge in [-0.3, -0.25) is 9.69 Å². The molecule has 26 heavy (non-hydrogen) atoms. The largest absolute Gasteiger partial charge is 0.398 e. The molecule has 3 rings (SSSR count). The van der Waals surface area contributed by atoms with Crippen molar-refractivity contribution in [3.8, 4) is 0 Å². The first kappa shape index (κ1) is 22.3. The number of benzene rings is 2. The standard InChI is InChI=1S/C19H23N3O2.2ClH/c20-18-4-2-1-3-17(18)19(23)21-13-15-5-7-16(8-6-15)14-22-9-11-24-12-10-22;;/h1-8H,9-14,20H2,(H,21,23);2*1H. The Bertz CT molecular complexity index is 689. The average molecular weight is 398 g/mol. The van der Waals surface area contributed by atoms with Crippen molar-refractivity contribution in [2.75, 3.05) is 32.0 Å². The lowest BCUT2D eigenvalue weighted by molar-refractivity contribution is 0.0342. The number of para-hydroxylation sites is 1. The van der Waals surface area contributed by atoms with Gasteiger partial charge in [0.05, 0.1) is 18.8 Å².